The predicted octanol–water partition coefficient (Wildman–Crippen LogP) is 4.94. The van der Waals surface area contributed by atoms with E-state index in [1.807, 2.05) is 0 Å². The molecule has 2 bridgehead atoms. The molecule has 2 aliphatic rings. The largest absolute Gasteiger partial charge is 0.486 e. The van der Waals surface area contributed by atoms with Crippen molar-refractivity contribution in [1.29, 1.82) is 0 Å². The smallest absolute Gasteiger partial charge is 0.311 e. The van der Waals surface area contributed by atoms with Gasteiger partial charge in [0, 0.05) is 35.8 Å². The van der Waals surface area contributed by atoms with E-state index in [-0.39, 0.29) is 16.5 Å². The summed E-state index contributed by atoms with van der Waals surface area (Å²) in [6.45, 7) is 0.433. The van der Waals surface area contributed by atoms with Crippen LogP contribution in [-0.4, -0.2) is 45.5 Å². The first-order chi connectivity index (χ1) is 15.4. The number of nitrogens with one attached hydrogen (secondary N) is 1. The third kappa shape index (κ3) is 3.71. The lowest BCUT2D eigenvalue weighted by Gasteiger charge is -2.21. The molecule has 0 amide bonds. The monoisotopic (exact) mass is 457 g/mol. The van der Waals surface area contributed by atoms with Gasteiger partial charge in [-0.15, -0.1) is 0 Å². The molecule has 2 fully saturated rings. The first-order valence-electron chi connectivity index (χ1n) is 10.4. The van der Waals surface area contributed by atoms with E-state index < -0.39 is 10.7 Å². The van der Waals surface area contributed by atoms with Crippen LogP contribution in [0.25, 0.3) is 10.9 Å². The summed E-state index contributed by atoms with van der Waals surface area (Å²) in [5, 5.41) is 15.2. The number of benzene rings is 2. The maximum Gasteiger partial charge on any atom is 0.311 e. The van der Waals surface area contributed by atoms with Crippen molar-refractivity contribution in [2.45, 2.75) is 31.3 Å². The van der Waals surface area contributed by atoms with Crippen molar-refractivity contribution < 1.29 is 14.1 Å². The van der Waals surface area contributed by atoms with Crippen LogP contribution in [0.1, 0.15) is 19.3 Å². The van der Waals surface area contributed by atoms with Gasteiger partial charge in [-0.2, -0.15) is 0 Å². The Morgan fingerprint density at radius 3 is 2.84 bits per heavy atom. The highest BCUT2D eigenvalue weighted by Crippen LogP contribution is 2.41. The van der Waals surface area contributed by atoms with Crippen LogP contribution in [0, 0.1) is 21.8 Å². The number of nitro groups is 1. The minimum atomic E-state index is -0.538. The molecule has 3 atom stereocenters. The minimum Gasteiger partial charge on any atom is -0.486 e. The summed E-state index contributed by atoms with van der Waals surface area (Å²) in [7, 11) is 2.14. The van der Waals surface area contributed by atoms with Gasteiger partial charge in [-0.25, -0.2) is 14.4 Å². The number of hydrogen-bond acceptors (Lipinski definition) is 7. The molecule has 32 heavy (non-hydrogen) atoms. The summed E-state index contributed by atoms with van der Waals surface area (Å²) in [4.78, 5) is 22.2. The van der Waals surface area contributed by atoms with E-state index in [2.05, 4.69) is 27.2 Å². The molecule has 3 aromatic rings. The van der Waals surface area contributed by atoms with E-state index in [1.165, 1.54) is 37.0 Å². The Morgan fingerprint density at radius 2 is 2.16 bits per heavy atom. The molecule has 0 aliphatic carbocycles. The van der Waals surface area contributed by atoms with Gasteiger partial charge in [0.1, 0.15) is 18.0 Å². The third-order valence-corrected chi connectivity index (χ3v) is 6.85. The van der Waals surface area contributed by atoms with Crippen molar-refractivity contribution in [2.75, 3.05) is 19.0 Å². The third-order valence-electron chi connectivity index (χ3n) is 6.56. The quantitative estimate of drug-likeness (QED) is 0.414. The molecule has 0 radical (unpaired) electrons. The summed E-state index contributed by atoms with van der Waals surface area (Å²) < 4.78 is 19.4. The Morgan fingerprint density at radius 1 is 1.31 bits per heavy atom. The summed E-state index contributed by atoms with van der Waals surface area (Å²) in [6, 6.07) is 8.20. The number of nitro benzene ring substituents is 1. The fourth-order valence-corrected chi connectivity index (χ4v) is 5.10. The lowest BCUT2D eigenvalue weighted by Crippen LogP contribution is -2.28. The first kappa shape index (κ1) is 20.8. The Bertz CT molecular complexity index is 1210. The average Bonchev–Trinajstić information content (AvgIpc) is 3.28. The molecule has 1 aromatic heterocycles. The van der Waals surface area contributed by atoms with Crippen molar-refractivity contribution >= 4 is 39.7 Å². The van der Waals surface area contributed by atoms with Crippen molar-refractivity contribution in [3.63, 3.8) is 0 Å². The van der Waals surface area contributed by atoms with Crippen LogP contribution in [0.15, 0.2) is 36.7 Å². The lowest BCUT2D eigenvalue weighted by atomic mass is 9.90. The van der Waals surface area contributed by atoms with Gasteiger partial charge in [-0.05, 0) is 44.5 Å². The van der Waals surface area contributed by atoms with Gasteiger partial charge >= 0.3 is 5.69 Å². The number of rotatable bonds is 6. The molecule has 0 spiro atoms. The highest BCUT2D eigenvalue weighted by Gasteiger charge is 2.44. The van der Waals surface area contributed by atoms with Gasteiger partial charge in [-0.1, -0.05) is 11.6 Å². The number of nitrogens with zero attached hydrogens (tertiary/aromatic N) is 4. The summed E-state index contributed by atoms with van der Waals surface area (Å²) in [6.07, 6.45) is 4.76. The zero-order chi connectivity index (χ0) is 22.4. The zero-order valence-corrected chi connectivity index (χ0v) is 18.1. The van der Waals surface area contributed by atoms with Crippen LogP contribution in [0.3, 0.4) is 0 Å². The van der Waals surface area contributed by atoms with E-state index in [0.717, 1.165) is 12.8 Å². The molecule has 2 saturated heterocycles. The number of fused-ring (bicyclic) bond motifs is 3. The van der Waals surface area contributed by atoms with Crippen LogP contribution in [0.2, 0.25) is 5.02 Å². The number of ether oxygens (including phenoxy) is 1. The van der Waals surface area contributed by atoms with E-state index in [0.29, 0.717) is 47.0 Å². The Hall–Kier alpha value is -3.04. The molecule has 3 heterocycles. The molecule has 3 unspecified atom stereocenters. The van der Waals surface area contributed by atoms with Crippen molar-refractivity contribution in [2.24, 2.45) is 5.92 Å². The fraction of sp³-hybridized carbons (Fsp3) is 0.364. The van der Waals surface area contributed by atoms with Gasteiger partial charge in [0.25, 0.3) is 0 Å². The van der Waals surface area contributed by atoms with Gasteiger partial charge < -0.3 is 15.0 Å². The van der Waals surface area contributed by atoms with Crippen molar-refractivity contribution in [3.8, 4) is 5.75 Å². The molecule has 5 rings (SSSR count). The summed E-state index contributed by atoms with van der Waals surface area (Å²) in [5.41, 5.74) is 0.852. The normalized spacial score (nSPS) is 22.4. The van der Waals surface area contributed by atoms with E-state index in [1.54, 1.807) is 6.07 Å². The van der Waals surface area contributed by atoms with Crippen LogP contribution in [-0.2, 0) is 0 Å². The van der Waals surface area contributed by atoms with Crippen LogP contribution >= 0.6 is 11.6 Å². The maximum atomic E-state index is 13.5. The number of aromatic nitrogens is 2. The minimum absolute atomic E-state index is 0.0405. The molecular formula is C22H21ClFN5O3. The van der Waals surface area contributed by atoms with Crippen molar-refractivity contribution in [3.05, 3.63) is 57.6 Å². The van der Waals surface area contributed by atoms with E-state index in [4.69, 9.17) is 16.3 Å². The number of halogens is 2. The van der Waals surface area contributed by atoms with Crippen molar-refractivity contribution in [1.82, 2.24) is 14.9 Å². The van der Waals surface area contributed by atoms with Gasteiger partial charge in [0.2, 0.25) is 0 Å². The van der Waals surface area contributed by atoms with Gasteiger partial charge in [0.15, 0.2) is 5.75 Å². The molecular weight excluding hydrogens is 437 g/mol. The van der Waals surface area contributed by atoms with E-state index >= 15 is 0 Å². The lowest BCUT2D eigenvalue weighted by molar-refractivity contribution is -0.385. The average molecular weight is 458 g/mol. The predicted molar refractivity (Wildman–Crippen MR) is 119 cm³/mol. The van der Waals surface area contributed by atoms with E-state index in [9.17, 15) is 14.5 Å². The SMILES string of the molecule is CN1C2CCC1C(COc1cc3ncnc(Nc4ccc(F)c(Cl)c4)c3cc1[N+](=O)[O-])C2. The molecule has 10 heteroatoms. The van der Waals surface area contributed by atoms with Crippen LogP contribution in [0.4, 0.5) is 21.6 Å². The molecule has 2 aromatic carbocycles. The molecule has 0 saturated carbocycles. The summed E-state index contributed by atoms with van der Waals surface area (Å²) in [5.74, 6) is 0.369. The van der Waals surface area contributed by atoms with Crippen LogP contribution in [0.5, 0.6) is 5.75 Å². The highest BCUT2D eigenvalue weighted by molar-refractivity contribution is 6.31. The maximum absolute atomic E-state index is 13.5. The highest BCUT2D eigenvalue weighted by atomic mass is 35.5. The first-order valence-corrected chi connectivity index (χ1v) is 10.8. The fourth-order valence-electron chi connectivity index (χ4n) is 4.92. The zero-order valence-electron chi connectivity index (χ0n) is 17.3. The molecule has 2 aliphatic heterocycles. The van der Waals surface area contributed by atoms with Gasteiger partial charge in [0.05, 0.1) is 27.5 Å². The molecule has 8 nitrogen and oxygen atoms in total. The second-order valence-corrected chi connectivity index (χ2v) is 8.75. The molecule has 166 valence electrons. The topological polar surface area (TPSA) is 93.4 Å². The second kappa shape index (κ2) is 8.14. The Balaban J connectivity index is 1.44. The standard InChI is InChI=1S/C22H21ClFN5O3/c1-28-14-3-5-19(28)12(6-14)10-32-21-9-18-15(8-20(21)29(30)31)22(26-11-25-18)27-13-2-4-17(24)16(23)7-13/h2,4,7-9,11-12,14,19H,3,5-6,10H2,1H3,(H,25,26,27). The van der Waals surface area contributed by atoms with Crippen LogP contribution < -0.4 is 10.1 Å². The Labute approximate surface area is 188 Å². The number of anilines is 2. The van der Waals surface area contributed by atoms with Gasteiger partial charge in [-0.3, -0.25) is 10.1 Å². The number of hydrogen-bond donors (Lipinski definition) is 1. The molecule has 1 N–H and O–H groups in total. The Kier molecular flexibility index (Phi) is 5.30. The summed E-state index contributed by atoms with van der Waals surface area (Å²) >= 11 is 5.85. The second-order valence-electron chi connectivity index (χ2n) is 8.34.